The third kappa shape index (κ3) is 5.27. The van der Waals surface area contributed by atoms with Crippen molar-refractivity contribution in [2.24, 2.45) is 0 Å². The summed E-state index contributed by atoms with van der Waals surface area (Å²) in [5.74, 6) is 0.273. The lowest BCUT2D eigenvalue weighted by molar-refractivity contribution is -0.130. The normalized spacial score (nSPS) is 14.4. The second-order valence-electron chi connectivity index (χ2n) is 7.93. The monoisotopic (exact) mass is 454 g/mol. The molecule has 1 aliphatic heterocycles. The molecule has 32 heavy (non-hydrogen) atoms. The molecule has 7 heteroatoms. The van der Waals surface area contributed by atoms with Gasteiger partial charge in [-0.25, -0.2) is 4.39 Å². The van der Waals surface area contributed by atoms with E-state index in [4.69, 9.17) is 4.74 Å². The predicted molar refractivity (Wildman–Crippen MR) is 125 cm³/mol. The van der Waals surface area contributed by atoms with Gasteiger partial charge >= 0.3 is 0 Å². The minimum atomic E-state index is -0.357. The second-order valence-corrected chi connectivity index (χ2v) is 8.98. The van der Waals surface area contributed by atoms with Crippen LogP contribution in [0.15, 0.2) is 48.5 Å². The minimum Gasteiger partial charge on any atom is -0.489 e. The maximum absolute atomic E-state index is 14.6. The number of rotatable bonds is 8. The van der Waals surface area contributed by atoms with E-state index in [2.05, 4.69) is 5.32 Å². The van der Waals surface area contributed by atoms with E-state index >= 15 is 0 Å². The number of amides is 2. The molecule has 0 radical (unpaired) electrons. The zero-order valence-corrected chi connectivity index (χ0v) is 18.8. The van der Waals surface area contributed by atoms with E-state index in [9.17, 15) is 14.0 Å². The highest BCUT2D eigenvalue weighted by atomic mass is 32.1. The number of ether oxygens (including phenoxy) is 1. The van der Waals surface area contributed by atoms with Crippen LogP contribution in [0.2, 0.25) is 0 Å². The van der Waals surface area contributed by atoms with Gasteiger partial charge in [0, 0.05) is 41.7 Å². The largest absolute Gasteiger partial charge is 0.489 e. The van der Waals surface area contributed by atoms with Crippen LogP contribution in [0.5, 0.6) is 5.75 Å². The molecule has 1 fully saturated rings. The third-order valence-corrected chi connectivity index (χ3v) is 6.85. The molecule has 2 amide bonds. The van der Waals surface area contributed by atoms with Crippen molar-refractivity contribution in [2.75, 3.05) is 19.6 Å². The summed E-state index contributed by atoms with van der Waals surface area (Å²) >= 11 is 1.27. The second kappa shape index (κ2) is 10.6. The van der Waals surface area contributed by atoms with Crippen molar-refractivity contribution in [3.63, 3.8) is 0 Å². The Morgan fingerprint density at radius 3 is 2.78 bits per heavy atom. The van der Waals surface area contributed by atoms with Crippen molar-refractivity contribution in [1.29, 1.82) is 0 Å². The van der Waals surface area contributed by atoms with Crippen molar-refractivity contribution in [2.45, 2.75) is 38.7 Å². The number of carbonyl (C=O) groups is 2. The quantitative estimate of drug-likeness (QED) is 0.480. The van der Waals surface area contributed by atoms with Crippen molar-refractivity contribution < 1.29 is 18.7 Å². The number of likely N-dealkylation sites (tertiary alicyclic amines) is 1. The summed E-state index contributed by atoms with van der Waals surface area (Å²) < 4.78 is 21.2. The first-order chi connectivity index (χ1) is 15.6. The summed E-state index contributed by atoms with van der Waals surface area (Å²) in [5.41, 5.74) is 0.562. The third-order valence-electron chi connectivity index (χ3n) is 5.66. The van der Waals surface area contributed by atoms with E-state index in [1.165, 1.54) is 17.4 Å². The van der Waals surface area contributed by atoms with Gasteiger partial charge in [-0.3, -0.25) is 9.59 Å². The molecule has 0 spiro atoms. The highest BCUT2D eigenvalue weighted by Gasteiger charge is 2.21. The molecule has 2 aromatic carbocycles. The number of thiophene rings is 1. The summed E-state index contributed by atoms with van der Waals surface area (Å²) in [6.07, 6.45) is 4.39. The summed E-state index contributed by atoms with van der Waals surface area (Å²) in [7, 11) is 0. The van der Waals surface area contributed by atoms with Gasteiger partial charge in [-0.05, 0) is 43.5 Å². The maximum atomic E-state index is 14.6. The summed E-state index contributed by atoms with van der Waals surface area (Å²) in [6, 6.07) is 14.1. The number of nitrogens with zero attached hydrogens (tertiary/aromatic N) is 1. The number of nitrogens with one attached hydrogen (secondary N) is 1. The first kappa shape index (κ1) is 22.3. The number of hydrogen-bond acceptors (Lipinski definition) is 4. The first-order valence-electron chi connectivity index (χ1n) is 11.1. The van der Waals surface area contributed by atoms with E-state index in [1.54, 1.807) is 6.07 Å². The van der Waals surface area contributed by atoms with Crippen LogP contribution in [0.25, 0.3) is 10.1 Å². The zero-order chi connectivity index (χ0) is 22.3. The van der Waals surface area contributed by atoms with Crippen molar-refractivity contribution in [1.82, 2.24) is 10.2 Å². The number of halogens is 1. The van der Waals surface area contributed by atoms with Gasteiger partial charge in [-0.1, -0.05) is 30.7 Å². The highest BCUT2D eigenvalue weighted by molar-refractivity contribution is 7.21. The van der Waals surface area contributed by atoms with Gasteiger partial charge in [0.05, 0.1) is 4.88 Å². The van der Waals surface area contributed by atoms with Gasteiger partial charge in [0.25, 0.3) is 5.91 Å². The van der Waals surface area contributed by atoms with Gasteiger partial charge in [0.1, 0.15) is 18.2 Å². The van der Waals surface area contributed by atoms with Gasteiger partial charge in [-0.2, -0.15) is 0 Å². The lowest BCUT2D eigenvalue weighted by atomic mass is 10.1. The molecule has 4 rings (SSSR count). The van der Waals surface area contributed by atoms with Gasteiger partial charge in [0.2, 0.25) is 5.91 Å². The first-order valence-corrected chi connectivity index (χ1v) is 11.9. The van der Waals surface area contributed by atoms with Gasteiger partial charge in [-0.15, -0.1) is 11.3 Å². The SMILES string of the molecule is O=C(NCCCN1CCCCCC1=O)c1sc2cccc(F)c2c1COc1ccccc1. The van der Waals surface area contributed by atoms with Gasteiger partial charge in [0.15, 0.2) is 0 Å². The van der Waals surface area contributed by atoms with E-state index in [0.29, 0.717) is 47.5 Å². The Kier molecular flexibility index (Phi) is 7.37. The number of fused-ring (bicyclic) bond motifs is 1. The fraction of sp³-hybridized carbons (Fsp3) is 0.360. The lowest BCUT2D eigenvalue weighted by Crippen LogP contribution is -2.34. The van der Waals surface area contributed by atoms with Crippen LogP contribution in [0, 0.1) is 5.82 Å². The van der Waals surface area contributed by atoms with Crippen LogP contribution >= 0.6 is 11.3 Å². The molecule has 0 aliphatic carbocycles. The van der Waals surface area contributed by atoms with Crippen LogP contribution in [0.1, 0.15) is 47.3 Å². The summed E-state index contributed by atoms with van der Waals surface area (Å²) in [4.78, 5) is 27.4. The Hall–Kier alpha value is -2.93. The summed E-state index contributed by atoms with van der Waals surface area (Å²) in [5, 5.41) is 3.38. The Bertz CT molecular complexity index is 1080. The molecule has 2 heterocycles. The Labute approximate surface area is 191 Å². The molecule has 0 unspecified atom stereocenters. The lowest BCUT2D eigenvalue weighted by Gasteiger charge is -2.20. The molecule has 1 N–H and O–H groups in total. The van der Waals surface area contributed by atoms with Crippen molar-refractivity contribution in [3.8, 4) is 5.75 Å². The van der Waals surface area contributed by atoms with Crippen LogP contribution in [-0.4, -0.2) is 36.3 Å². The molecule has 5 nitrogen and oxygen atoms in total. The van der Waals surface area contributed by atoms with E-state index in [-0.39, 0.29) is 24.2 Å². The fourth-order valence-corrected chi connectivity index (χ4v) is 5.13. The molecule has 1 saturated heterocycles. The average molecular weight is 455 g/mol. The Balaban J connectivity index is 1.43. The Morgan fingerprint density at radius 1 is 1.09 bits per heavy atom. The van der Waals surface area contributed by atoms with E-state index in [1.807, 2.05) is 41.3 Å². The Morgan fingerprint density at radius 2 is 1.94 bits per heavy atom. The average Bonchev–Trinajstić information content (AvgIpc) is 3.07. The molecule has 168 valence electrons. The topological polar surface area (TPSA) is 58.6 Å². The molecule has 0 atom stereocenters. The molecule has 0 saturated carbocycles. The molecule has 3 aromatic rings. The number of hydrogen-bond donors (Lipinski definition) is 1. The molecule has 0 bridgehead atoms. The smallest absolute Gasteiger partial charge is 0.261 e. The van der Waals surface area contributed by atoms with E-state index < -0.39 is 0 Å². The van der Waals surface area contributed by atoms with Crippen LogP contribution in [0.3, 0.4) is 0 Å². The van der Waals surface area contributed by atoms with Crippen LogP contribution < -0.4 is 10.1 Å². The standard InChI is InChI=1S/C25H27FN2O3S/c26-20-11-7-12-21-23(20)19(17-31-18-9-3-1-4-10-18)24(32-21)25(30)27-14-8-16-28-15-6-2-5-13-22(28)29/h1,3-4,7,9-12H,2,5-6,8,13-17H2,(H,27,30). The fourth-order valence-electron chi connectivity index (χ4n) is 3.99. The summed E-state index contributed by atoms with van der Waals surface area (Å²) in [6.45, 7) is 2.00. The number of carbonyl (C=O) groups excluding carboxylic acids is 2. The van der Waals surface area contributed by atoms with Crippen molar-refractivity contribution >= 4 is 33.2 Å². The van der Waals surface area contributed by atoms with Gasteiger partial charge < -0.3 is 15.0 Å². The van der Waals surface area contributed by atoms with E-state index in [0.717, 1.165) is 30.5 Å². The van der Waals surface area contributed by atoms with Crippen LogP contribution in [0.4, 0.5) is 4.39 Å². The number of para-hydroxylation sites is 1. The molecule has 1 aromatic heterocycles. The van der Waals surface area contributed by atoms with Crippen LogP contribution in [-0.2, 0) is 11.4 Å². The molecule has 1 aliphatic rings. The zero-order valence-electron chi connectivity index (χ0n) is 17.9. The maximum Gasteiger partial charge on any atom is 0.261 e. The number of benzene rings is 2. The van der Waals surface area contributed by atoms with Crippen molar-refractivity contribution in [3.05, 3.63) is 64.8 Å². The minimum absolute atomic E-state index is 0.107. The molecular weight excluding hydrogens is 427 g/mol. The highest BCUT2D eigenvalue weighted by Crippen LogP contribution is 2.34. The molecular formula is C25H27FN2O3S. The predicted octanol–water partition coefficient (Wildman–Crippen LogP) is 5.14.